The van der Waals surface area contributed by atoms with Gasteiger partial charge in [-0.05, 0) is 49.7 Å². The fraction of sp³-hybridized carbons (Fsp3) is 0.542. The second-order valence-corrected chi connectivity index (χ2v) is 12.4. The van der Waals surface area contributed by atoms with Crippen molar-refractivity contribution in [1.82, 2.24) is 4.57 Å². The average Bonchev–Trinajstić information content (AvgIpc) is 3.27. The number of nitrogens with zero attached hydrogens (tertiary/aromatic N) is 1. The number of nitrogens with two attached hydrogens (primary N) is 1. The van der Waals surface area contributed by atoms with Crippen LogP contribution in [0.3, 0.4) is 0 Å². The van der Waals surface area contributed by atoms with Gasteiger partial charge in [-0.3, -0.25) is 4.79 Å². The standard InChI is InChI=1S/C24H30FN3O5S/c1-24(2)9-19-22(34(31,32)12-24)16-10-33-11-20(16)28(19)14-7-17(25)21(23(26)30)18(8-14)27-13-3-5-15(29)6-4-13/h7-8,13,15,27,29H,3-6,9-12H2,1-2H3,(H2,26,30). The number of rotatable bonds is 4. The summed E-state index contributed by atoms with van der Waals surface area (Å²) in [5, 5.41) is 13.1. The number of aliphatic hydroxyl groups excluding tert-OH is 1. The van der Waals surface area contributed by atoms with Crippen molar-refractivity contribution in [3.05, 3.63) is 40.5 Å². The molecule has 184 valence electrons. The van der Waals surface area contributed by atoms with Crippen molar-refractivity contribution in [2.24, 2.45) is 11.1 Å². The molecule has 1 amide bonds. The Bertz CT molecular complexity index is 1280. The maximum atomic E-state index is 15.3. The second kappa shape index (κ2) is 8.07. The number of hydrogen-bond acceptors (Lipinski definition) is 6. The first-order chi connectivity index (χ1) is 16.0. The molecule has 0 unspecified atom stereocenters. The predicted molar refractivity (Wildman–Crippen MR) is 124 cm³/mol. The molecule has 1 aliphatic carbocycles. The minimum atomic E-state index is -3.54. The Hall–Kier alpha value is -2.43. The number of primary amides is 1. The van der Waals surface area contributed by atoms with Crippen LogP contribution in [0.2, 0.25) is 0 Å². The first-order valence-electron chi connectivity index (χ1n) is 11.6. The summed E-state index contributed by atoms with van der Waals surface area (Å²) in [6, 6.07) is 2.87. The zero-order chi connectivity index (χ0) is 24.4. The zero-order valence-corrected chi connectivity index (χ0v) is 20.2. The number of benzene rings is 1. The molecule has 0 radical (unpaired) electrons. The lowest BCUT2D eigenvalue weighted by Gasteiger charge is -2.31. The van der Waals surface area contributed by atoms with E-state index < -0.39 is 27.0 Å². The first-order valence-corrected chi connectivity index (χ1v) is 13.3. The number of aliphatic hydroxyl groups is 1. The maximum absolute atomic E-state index is 15.3. The average molecular weight is 492 g/mol. The highest BCUT2D eigenvalue weighted by atomic mass is 32.2. The number of carbonyl (C=O) groups excluding carboxylic acids is 1. The molecule has 2 aromatic rings. The van der Waals surface area contributed by atoms with Gasteiger partial charge >= 0.3 is 0 Å². The molecule has 3 heterocycles. The molecule has 3 aliphatic rings. The molecule has 1 aromatic carbocycles. The van der Waals surface area contributed by atoms with Crippen molar-refractivity contribution in [1.29, 1.82) is 0 Å². The molecule has 1 saturated carbocycles. The van der Waals surface area contributed by atoms with E-state index in [-0.39, 0.29) is 42.4 Å². The third kappa shape index (κ3) is 3.91. The number of fused-ring (bicyclic) bond motifs is 3. The van der Waals surface area contributed by atoms with Crippen LogP contribution in [-0.4, -0.2) is 41.9 Å². The molecule has 5 rings (SSSR count). The van der Waals surface area contributed by atoms with E-state index in [0.29, 0.717) is 59.6 Å². The lowest BCUT2D eigenvalue weighted by molar-refractivity contribution is 0.0996. The Kier molecular flexibility index (Phi) is 5.53. The largest absolute Gasteiger partial charge is 0.393 e. The van der Waals surface area contributed by atoms with E-state index in [2.05, 4.69) is 5.32 Å². The van der Waals surface area contributed by atoms with Crippen LogP contribution in [0.15, 0.2) is 17.0 Å². The molecule has 10 heteroatoms. The summed E-state index contributed by atoms with van der Waals surface area (Å²) < 4.78 is 49.1. The second-order valence-electron chi connectivity index (χ2n) is 10.5. The fourth-order valence-corrected chi connectivity index (χ4v) is 8.06. The van der Waals surface area contributed by atoms with Crippen molar-refractivity contribution in [2.45, 2.75) is 76.2 Å². The van der Waals surface area contributed by atoms with Crippen LogP contribution in [0.1, 0.15) is 66.8 Å². The molecule has 0 spiro atoms. The summed E-state index contributed by atoms with van der Waals surface area (Å²) in [5.74, 6) is -1.61. The van der Waals surface area contributed by atoms with E-state index in [1.54, 1.807) is 10.6 Å². The van der Waals surface area contributed by atoms with Gasteiger partial charge in [0.2, 0.25) is 0 Å². The number of sulfone groups is 1. The van der Waals surface area contributed by atoms with Gasteiger partial charge in [0.05, 0.1) is 52.6 Å². The molecule has 0 atom stereocenters. The van der Waals surface area contributed by atoms with Gasteiger partial charge in [-0.1, -0.05) is 13.8 Å². The Morgan fingerprint density at radius 1 is 1.21 bits per heavy atom. The highest BCUT2D eigenvalue weighted by molar-refractivity contribution is 7.91. The van der Waals surface area contributed by atoms with E-state index >= 15 is 4.39 Å². The first kappa shape index (κ1) is 23.3. The maximum Gasteiger partial charge on any atom is 0.253 e. The smallest absolute Gasteiger partial charge is 0.253 e. The number of anilines is 1. The minimum Gasteiger partial charge on any atom is -0.393 e. The van der Waals surface area contributed by atoms with Gasteiger partial charge in [0, 0.05) is 17.3 Å². The number of halogens is 1. The molecule has 0 bridgehead atoms. The van der Waals surface area contributed by atoms with Crippen LogP contribution >= 0.6 is 0 Å². The number of carbonyl (C=O) groups is 1. The quantitative estimate of drug-likeness (QED) is 0.604. The summed E-state index contributed by atoms with van der Waals surface area (Å²) in [5.41, 5.74) is 7.48. The Morgan fingerprint density at radius 3 is 2.59 bits per heavy atom. The summed E-state index contributed by atoms with van der Waals surface area (Å²) in [6.45, 7) is 4.24. The van der Waals surface area contributed by atoms with Crippen molar-refractivity contribution < 1.29 is 27.4 Å². The molecule has 34 heavy (non-hydrogen) atoms. The van der Waals surface area contributed by atoms with Gasteiger partial charge in [0.1, 0.15) is 5.82 Å². The number of ether oxygens (including phenoxy) is 1. The highest BCUT2D eigenvalue weighted by Gasteiger charge is 2.43. The lowest BCUT2D eigenvalue weighted by Crippen LogP contribution is -2.33. The van der Waals surface area contributed by atoms with Gasteiger partial charge in [-0.15, -0.1) is 0 Å². The van der Waals surface area contributed by atoms with Gasteiger partial charge in [-0.2, -0.15) is 0 Å². The van der Waals surface area contributed by atoms with E-state index in [4.69, 9.17) is 10.5 Å². The number of nitrogens with one attached hydrogen (secondary N) is 1. The fourth-order valence-electron chi connectivity index (χ4n) is 5.71. The zero-order valence-electron chi connectivity index (χ0n) is 19.4. The Balaban J connectivity index is 1.67. The molecular weight excluding hydrogens is 461 g/mol. The van der Waals surface area contributed by atoms with E-state index in [9.17, 15) is 18.3 Å². The van der Waals surface area contributed by atoms with Gasteiger partial charge in [-0.25, -0.2) is 12.8 Å². The topological polar surface area (TPSA) is 124 Å². The molecule has 0 saturated heterocycles. The Labute approximate surface area is 198 Å². The summed E-state index contributed by atoms with van der Waals surface area (Å²) in [4.78, 5) is 12.4. The SMILES string of the molecule is CC1(C)Cc2c(c3c(n2-c2cc(F)c(C(N)=O)c(NC4CCC(O)CC4)c2)COC3)S(=O)(=O)C1. The molecule has 2 aliphatic heterocycles. The normalized spacial score (nSPS) is 24.9. The van der Waals surface area contributed by atoms with Crippen LogP contribution in [0.25, 0.3) is 5.69 Å². The molecule has 4 N–H and O–H groups in total. The van der Waals surface area contributed by atoms with Crippen LogP contribution in [0, 0.1) is 11.2 Å². The third-order valence-corrected chi connectivity index (χ3v) is 9.35. The number of amides is 1. The third-order valence-electron chi connectivity index (χ3n) is 7.08. The summed E-state index contributed by atoms with van der Waals surface area (Å²) in [6.07, 6.45) is 2.76. The van der Waals surface area contributed by atoms with Crippen molar-refractivity contribution in [3.63, 3.8) is 0 Å². The number of aromatic nitrogens is 1. The summed E-state index contributed by atoms with van der Waals surface area (Å²) >= 11 is 0. The van der Waals surface area contributed by atoms with Gasteiger partial charge in [0.25, 0.3) is 5.91 Å². The van der Waals surface area contributed by atoms with Crippen LogP contribution < -0.4 is 11.1 Å². The van der Waals surface area contributed by atoms with Crippen LogP contribution in [-0.2, 0) is 34.2 Å². The van der Waals surface area contributed by atoms with E-state index in [1.165, 1.54) is 6.07 Å². The molecule has 1 fully saturated rings. The monoisotopic (exact) mass is 491 g/mol. The van der Waals surface area contributed by atoms with Crippen molar-refractivity contribution in [2.75, 3.05) is 11.1 Å². The van der Waals surface area contributed by atoms with E-state index in [1.807, 2.05) is 13.8 Å². The molecule has 8 nitrogen and oxygen atoms in total. The molecule has 1 aromatic heterocycles. The van der Waals surface area contributed by atoms with Gasteiger partial charge < -0.3 is 25.5 Å². The van der Waals surface area contributed by atoms with Crippen LogP contribution in [0.5, 0.6) is 0 Å². The summed E-state index contributed by atoms with van der Waals surface area (Å²) in [7, 11) is -3.54. The van der Waals surface area contributed by atoms with Crippen molar-refractivity contribution >= 4 is 21.4 Å². The number of hydrogen-bond donors (Lipinski definition) is 3. The van der Waals surface area contributed by atoms with Crippen molar-refractivity contribution in [3.8, 4) is 5.69 Å². The minimum absolute atomic E-state index is 0.0388. The Morgan fingerprint density at radius 2 is 1.91 bits per heavy atom. The lowest BCUT2D eigenvalue weighted by atomic mass is 9.89. The van der Waals surface area contributed by atoms with Crippen LogP contribution in [0.4, 0.5) is 10.1 Å². The molecular formula is C24H30FN3O5S. The predicted octanol–water partition coefficient (Wildman–Crippen LogP) is 2.82. The van der Waals surface area contributed by atoms with E-state index in [0.717, 1.165) is 0 Å². The highest BCUT2D eigenvalue weighted by Crippen LogP contribution is 2.44. The van der Waals surface area contributed by atoms with Gasteiger partial charge in [0.15, 0.2) is 9.84 Å².